The Kier molecular flexibility index (Phi) is 5.48. The topological polar surface area (TPSA) is 112 Å². The zero-order valence-electron chi connectivity index (χ0n) is 14.8. The normalized spacial score (nSPS) is 11.1. The molecular weight excluding hydrogens is 389 g/mol. The maximum Gasteiger partial charge on any atom is 0.490 e. The van der Waals surface area contributed by atoms with Gasteiger partial charge in [-0.1, -0.05) is 23.4 Å². The van der Waals surface area contributed by atoms with E-state index in [1.54, 1.807) is 23.0 Å². The monoisotopic (exact) mass is 404 g/mol. The van der Waals surface area contributed by atoms with Gasteiger partial charge in [0.15, 0.2) is 5.82 Å². The molecule has 8 nitrogen and oxygen atoms in total. The van der Waals surface area contributed by atoms with Crippen molar-refractivity contribution >= 4 is 22.6 Å². The van der Waals surface area contributed by atoms with E-state index in [1.807, 2.05) is 18.3 Å². The summed E-state index contributed by atoms with van der Waals surface area (Å²) in [7, 11) is 0. The number of alkyl halides is 3. The Balaban J connectivity index is 0.000000298. The Hall–Kier alpha value is -3.89. The molecule has 0 fully saturated rings. The molecule has 0 amide bonds. The van der Waals surface area contributed by atoms with Crippen LogP contribution in [0.3, 0.4) is 0 Å². The highest BCUT2D eigenvalue weighted by atomic mass is 19.4. The zero-order chi connectivity index (χ0) is 21.0. The molecule has 150 valence electrons. The van der Waals surface area contributed by atoms with Crippen molar-refractivity contribution in [2.45, 2.75) is 12.7 Å². The molecule has 0 bridgehead atoms. The molecule has 3 aromatic heterocycles. The molecule has 29 heavy (non-hydrogen) atoms. The molecule has 0 aliphatic carbocycles. The van der Waals surface area contributed by atoms with E-state index in [-0.39, 0.29) is 0 Å². The van der Waals surface area contributed by atoms with Crippen LogP contribution in [-0.4, -0.2) is 41.8 Å². The molecule has 3 N–H and O–H groups in total. The number of nitrogens with zero attached hydrogens (tertiary/aromatic N) is 5. The van der Waals surface area contributed by atoms with Crippen LogP contribution in [0.15, 0.2) is 61.1 Å². The van der Waals surface area contributed by atoms with E-state index < -0.39 is 12.1 Å². The fraction of sp³-hybridized carbons (Fsp3) is 0.111. The van der Waals surface area contributed by atoms with Gasteiger partial charge in [0.05, 0.1) is 12.7 Å². The van der Waals surface area contributed by atoms with Crippen LogP contribution in [0.1, 0.15) is 5.69 Å². The average molecular weight is 404 g/mol. The number of fused-ring (bicyclic) bond motifs is 1. The van der Waals surface area contributed by atoms with Gasteiger partial charge < -0.3 is 15.4 Å². The van der Waals surface area contributed by atoms with E-state index in [0.717, 1.165) is 5.69 Å². The highest BCUT2D eigenvalue weighted by Gasteiger charge is 2.38. The number of halogens is 3. The number of hydrogen-bond donors (Lipinski definition) is 2. The van der Waals surface area contributed by atoms with Gasteiger partial charge in [-0.2, -0.15) is 13.2 Å². The van der Waals surface area contributed by atoms with E-state index >= 15 is 0 Å². The summed E-state index contributed by atoms with van der Waals surface area (Å²) in [6, 6.07) is 13.9. The molecule has 1 aromatic carbocycles. The van der Waals surface area contributed by atoms with Crippen molar-refractivity contribution in [2.24, 2.45) is 0 Å². The molecule has 0 atom stereocenters. The van der Waals surface area contributed by atoms with E-state index in [0.29, 0.717) is 18.1 Å². The molecule has 0 aliphatic rings. The van der Waals surface area contributed by atoms with Crippen LogP contribution in [0.25, 0.3) is 16.7 Å². The number of nitrogen functional groups attached to an aromatic ring is 1. The summed E-state index contributed by atoms with van der Waals surface area (Å²) >= 11 is 0. The van der Waals surface area contributed by atoms with Crippen molar-refractivity contribution in [3.63, 3.8) is 0 Å². The van der Waals surface area contributed by atoms with Crippen LogP contribution in [0.5, 0.6) is 0 Å². The van der Waals surface area contributed by atoms with Crippen molar-refractivity contribution in [1.29, 1.82) is 0 Å². The van der Waals surface area contributed by atoms with Gasteiger partial charge in [-0.15, -0.1) is 5.10 Å². The maximum atomic E-state index is 10.6. The fourth-order valence-electron chi connectivity index (χ4n) is 2.50. The predicted molar refractivity (Wildman–Crippen MR) is 98.3 cm³/mol. The number of rotatable bonds is 3. The number of carboxylic acid groups (broad SMARTS) is 1. The first kappa shape index (κ1) is 19.9. The van der Waals surface area contributed by atoms with Crippen molar-refractivity contribution in [3.8, 4) is 5.82 Å². The Morgan fingerprint density at radius 3 is 2.59 bits per heavy atom. The van der Waals surface area contributed by atoms with E-state index in [9.17, 15) is 13.2 Å². The summed E-state index contributed by atoms with van der Waals surface area (Å²) in [5.74, 6) is -2.09. The quantitative estimate of drug-likeness (QED) is 0.543. The number of carboxylic acids is 1. The lowest BCUT2D eigenvalue weighted by Crippen LogP contribution is -2.21. The number of aromatic nitrogens is 5. The van der Waals surface area contributed by atoms with Crippen LogP contribution >= 0.6 is 0 Å². The molecule has 4 rings (SSSR count). The first-order valence-corrected chi connectivity index (χ1v) is 8.21. The van der Waals surface area contributed by atoms with Crippen LogP contribution in [0, 0.1) is 0 Å². The number of aliphatic carboxylic acids is 1. The van der Waals surface area contributed by atoms with E-state index in [4.69, 9.17) is 15.6 Å². The van der Waals surface area contributed by atoms with Crippen molar-refractivity contribution in [2.75, 3.05) is 5.73 Å². The highest BCUT2D eigenvalue weighted by Crippen LogP contribution is 2.16. The van der Waals surface area contributed by atoms with E-state index in [1.165, 1.54) is 10.9 Å². The number of pyridine rings is 1. The van der Waals surface area contributed by atoms with Gasteiger partial charge in [0.25, 0.3) is 0 Å². The zero-order valence-corrected chi connectivity index (χ0v) is 14.8. The summed E-state index contributed by atoms with van der Waals surface area (Å²) in [6.07, 6.45) is 0.504. The third-order valence-corrected chi connectivity index (χ3v) is 3.80. The van der Waals surface area contributed by atoms with Crippen LogP contribution in [0.4, 0.5) is 18.9 Å². The van der Waals surface area contributed by atoms with E-state index in [2.05, 4.69) is 44.3 Å². The number of para-hydroxylation sites is 1. The molecule has 0 saturated carbocycles. The second-order valence-corrected chi connectivity index (χ2v) is 5.91. The third-order valence-electron chi connectivity index (χ3n) is 3.80. The number of anilines is 1. The molecule has 11 heteroatoms. The molecule has 0 radical (unpaired) electrons. The minimum absolute atomic E-state index is 0.651. The Morgan fingerprint density at radius 2 is 1.90 bits per heavy atom. The second-order valence-electron chi connectivity index (χ2n) is 5.91. The van der Waals surface area contributed by atoms with Gasteiger partial charge >= 0.3 is 12.1 Å². The molecular formula is C18H15F3N6O2. The first-order chi connectivity index (χ1) is 13.7. The van der Waals surface area contributed by atoms with Gasteiger partial charge in [-0.05, 0) is 23.6 Å². The molecule has 0 aliphatic heterocycles. The first-order valence-electron chi connectivity index (χ1n) is 8.21. The van der Waals surface area contributed by atoms with Gasteiger partial charge in [0.2, 0.25) is 0 Å². The third kappa shape index (κ3) is 4.89. The lowest BCUT2D eigenvalue weighted by atomic mass is 10.2. The van der Waals surface area contributed by atoms with Gasteiger partial charge in [-0.25, -0.2) is 14.5 Å². The summed E-state index contributed by atoms with van der Waals surface area (Å²) in [5, 5.41) is 16.7. The van der Waals surface area contributed by atoms with Crippen molar-refractivity contribution in [3.05, 3.63) is 66.7 Å². The average Bonchev–Trinajstić information content (AvgIpc) is 3.30. The summed E-state index contributed by atoms with van der Waals surface area (Å²) < 4.78 is 35.5. The van der Waals surface area contributed by atoms with Crippen molar-refractivity contribution in [1.82, 2.24) is 24.5 Å². The second kappa shape index (κ2) is 8.00. The fourth-order valence-corrected chi connectivity index (χ4v) is 2.50. The Bertz CT molecular complexity index is 1140. The maximum absolute atomic E-state index is 10.6. The minimum atomic E-state index is -5.08. The van der Waals surface area contributed by atoms with Crippen LogP contribution < -0.4 is 5.73 Å². The molecule has 3 heterocycles. The number of hydrogen-bond acceptors (Lipinski definition) is 5. The standard InChI is InChI=1S/C16H14N6.C2HF3O2/c17-13-5-7-18-16(9-13)22-11-14(19-20-22)10-21-8-6-12-3-1-2-4-15(12)21;3-2(4,5)1(6)7/h1-9,11H,10H2,(H2,17,18);(H,6,7). The van der Waals surface area contributed by atoms with Crippen LogP contribution in [-0.2, 0) is 11.3 Å². The van der Waals surface area contributed by atoms with Gasteiger partial charge in [0, 0.05) is 29.7 Å². The number of nitrogens with two attached hydrogens (primary N) is 1. The summed E-state index contributed by atoms with van der Waals surface area (Å²) in [5.41, 5.74) is 8.47. The Morgan fingerprint density at radius 1 is 1.17 bits per heavy atom. The molecule has 0 spiro atoms. The lowest BCUT2D eigenvalue weighted by Gasteiger charge is -2.02. The molecule has 0 saturated heterocycles. The lowest BCUT2D eigenvalue weighted by molar-refractivity contribution is -0.192. The molecule has 4 aromatic rings. The smallest absolute Gasteiger partial charge is 0.475 e. The van der Waals surface area contributed by atoms with Crippen molar-refractivity contribution < 1.29 is 23.1 Å². The molecule has 0 unspecified atom stereocenters. The van der Waals surface area contributed by atoms with Gasteiger partial charge in [0.1, 0.15) is 5.69 Å². The predicted octanol–water partition coefficient (Wildman–Crippen LogP) is 2.88. The summed E-state index contributed by atoms with van der Waals surface area (Å²) in [4.78, 5) is 13.1. The minimum Gasteiger partial charge on any atom is -0.475 e. The Labute approximate surface area is 162 Å². The summed E-state index contributed by atoms with van der Waals surface area (Å²) in [6.45, 7) is 0.663. The number of carbonyl (C=O) groups is 1. The number of benzene rings is 1. The largest absolute Gasteiger partial charge is 0.490 e. The van der Waals surface area contributed by atoms with Gasteiger partial charge in [-0.3, -0.25) is 0 Å². The highest BCUT2D eigenvalue weighted by molar-refractivity contribution is 5.80. The van der Waals surface area contributed by atoms with Crippen LogP contribution in [0.2, 0.25) is 0 Å². The SMILES string of the molecule is Nc1ccnc(-n2cc(Cn3ccc4ccccc43)nn2)c1.O=C(O)C(F)(F)F.